The normalized spacial score (nSPS) is 10.2. The molecule has 0 unspecified atom stereocenters. The molecule has 2 aromatic rings. The van der Waals surface area contributed by atoms with E-state index in [0.29, 0.717) is 10.8 Å². The molecule has 0 radical (unpaired) electrons. The minimum atomic E-state index is 0.689. The molecule has 0 fully saturated rings. The molecule has 0 aliphatic heterocycles. The Bertz CT molecular complexity index is 500. The summed E-state index contributed by atoms with van der Waals surface area (Å²) in [6.07, 6.45) is 2.82. The van der Waals surface area contributed by atoms with Gasteiger partial charge in [0.15, 0.2) is 5.82 Å². The first-order valence-corrected chi connectivity index (χ1v) is 6.00. The van der Waals surface area contributed by atoms with Gasteiger partial charge in [-0.2, -0.15) is 0 Å². The number of nitrogens with one attached hydrogen (secondary N) is 1. The zero-order valence-electron chi connectivity index (χ0n) is 9.65. The molecule has 0 saturated carbocycles. The minimum absolute atomic E-state index is 0.689. The molecule has 1 aromatic heterocycles. The molecule has 0 amide bonds. The van der Waals surface area contributed by atoms with Gasteiger partial charge >= 0.3 is 0 Å². The largest absolute Gasteiger partial charge is 0.370 e. The van der Waals surface area contributed by atoms with Crippen molar-refractivity contribution in [3.8, 4) is 11.4 Å². The third-order valence-corrected chi connectivity index (χ3v) is 2.53. The van der Waals surface area contributed by atoms with Gasteiger partial charge in [-0.05, 0) is 24.6 Å². The number of halogens is 1. The van der Waals surface area contributed by atoms with Crippen LogP contribution >= 0.6 is 11.6 Å². The van der Waals surface area contributed by atoms with Crippen molar-refractivity contribution in [2.75, 3.05) is 11.9 Å². The maximum Gasteiger partial charge on any atom is 0.161 e. The number of rotatable bonds is 4. The second-order valence-electron chi connectivity index (χ2n) is 3.70. The van der Waals surface area contributed by atoms with Crippen molar-refractivity contribution >= 4 is 17.4 Å². The molecular formula is C13H14ClN3. The molecule has 0 aliphatic rings. The van der Waals surface area contributed by atoms with Crippen molar-refractivity contribution in [1.29, 1.82) is 0 Å². The standard InChI is InChI=1S/C13H14ClN3/c1-2-7-15-12-6-8-16-13(17-12)10-4-3-5-11(14)9-10/h3-6,8-9H,2,7H2,1H3,(H,15,16,17). The molecule has 88 valence electrons. The van der Waals surface area contributed by atoms with Crippen molar-refractivity contribution < 1.29 is 0 Å². The molecule has 0 atom stereocenters. The monoisotopic (exact) mass is 247 g/mol. The van der Waals surface area contributed by atoms with E-state index in [1.165, 1.54) is 0 Å². The Balaban J connectivity index is 2.26. The number of nitrogens with zero attached hydrogens (tertiary/aromatic N) is 2. The molecular weight excluding hydrogens is 234 g/mol. The van der Waals surface area contributed by atoms with Gasteiger partial charge in [-0.15, -0.1) is 0 Å². The van der Waals surface area contributed by atoms with E-state index in [1.54, 1.807) is 6.20 Å². The fraction of sp³-hybridized carbons (Fsp3) is 0.231. The molecule has 0 aliphatic carbocycles. The second kappa shape index (κ2) is 5.64. The van der Waals surface area contributed by atoms with Crippen LogP contribution in [0.1, 0.15) is 13.3 Å². The van der Waals surface area contributed by atoms with Gasteiger partial charge in [0.2, 0.25) is 0 Å². The number of anilines is 1. The Kier molecular flexibility index (Phi) is 3.94. The summed E-state index contributed by atoms with van der Waals surface area (Å²) < 4.78 is 0. The van der Waals surface area contributed by atoms with Crippen molar-refractivity contribution in [2.45, 2.75) is 13.3 Å². The Labute approximate surface area is 106 Å². The van der Waals surface area contributed by atoms with E-state index < -0.39 is 0 Å². The van der Waals surface area contributed by atoms with Crippen LogP contribution in [0.15, 0.2) is 36.5 Å². The van der Waals surface area contributed by atoms with Gasteiger partial charge in [-0.3, -0.25) is 0 Å². The van der Waals surface area contributed by atoms with Crippen molar-refractivity contribution in [3.63, 3.8) is 0 Å². The number of hydrogen-bond donors (Lipinski definition) is 1. The molecule has 2 rings (SSSR count). The van der Waals surface area contributed by atoms with Gasteiger partial charge in [0.1, 0.15) is 5.82 Å². The summed E-state index contributed by atoms with van der Waals surface area (Å²) in [4.78, 5) is 8.69. The lowest BCUT2D eigenvalue weighted by Crippen LogP contribution is -2.02. The number of benzene rings is 1. The topological polar surface area (TPSA) is 37.8 Å². The summed E-state index contributed by atoms with van der Waals surface area (Å²) in [5, 5.41) is 3.93. The fourth-order valence-corrected chi connectivity index (χ4v) is 1.67. The SMILES string of the molecule is CCCNc1ccnc(-c2cccc(Cl)c2)n1. The van der Waals surface area contributed by atoms with Crippen LogP contribution in [0, 0.1) is 0 Å². The van der Waals surface area contributed by atoms with Gasteiger partial charge in [0.25, 0.3) is 0 Å². The molecule has 1 heterocycles. The molecule has 3 nitrogen and oxygen atoms in total. The minimum Gasteiger partial charge on any atom is -0.370 e. The summed E-state index contributed by atoms with van der Waals surface area (Å²) in [5.74, 6) is 1.53. The molecule has 0 bridgehead atoms. The van der Waals surface area contributed by atoms with Crippen molar-refractivity contribution in [3.05, 3.63) is 41.6 Å². The van der Waals surface area contributed by atoms with Gasteiger partial charge in [0, 0.05) is 23.3 Å². The van der Waals surface area contributed by atoms with Crippen LogP contribution in [0.4, 0.5) is 5.82 Å². The Hall–Kier alpha value is -1.61. The van der Waals surface area contributed by atoms with Crippen LogP contribution < -0.4 is 5.32 Å². The smallest absolute Gasteiger partial charge is 0.161 e. The van der Waals surface area contributed by atoms with Crippen LogP contribution in [-0.2, 0) is 0 Å². The van der Waals surface area contributed by atoms with Gasteiger partial charge in [-0.25, -0.2) is 9.97 Å². The molecule has 4 heteroatoms. The second-order valence-corrected chi connectivity index (χ2v) is 4.14. The first kappa shape index (κ1) is 11.9. The quantitative estimate of drug-likeness (QED) is 0.897. The van der Waals surface area contributed by atoms with Gasteiger partial charge < -0.3 is 5.32 Å². The average Bonchev–Trinajstić information content (AvgIpc) is 2.37. The van der Waals surface area contributed by atoms with Crippen LogP contribution in [0.5, 0.6) is 0 Å². The van der Waals surface area contributed by atoms with E-state index >= 15 is 0 Å². The lowest BCUT2D eigenvalue weighted by molar-refractivity contribution is 0.966. The first-order valence-electron chi connectivity index (χ1n) is 5.62. The van der Waals surface area contributed by atoms with Crippen LogP contribution in [0.2, 0.25) is 5.02 Å². The maximum atomic E-state index is 5.95. The Morgan fingerprint density at radius 2 is 2.18 bits per heavy atom. The van der Waals surface area contributed by atoms with E-state index in [-0.39, 0.29) is 0 Å². The highest BCUT2D eigenvalue weighted by molar-refractivity contribution is 6.30. The summed E-state index contributed by atoms with van der Waals surface area (Å²) in [6.45, 7) is 3.03. The molecule has 17 heavy (non-hydrogen) atoms. The predicted molar refractivity (Wildman–Crippen MR) is 71.3 cm³/mol. The highest BCUT2D eigenvalue weighted by atomic mass is 35.5. The van der Waals surface area contributed by atoms with Crippen LogP contribution in [-0.4, -0.2) is 16.5 Å². The highest BCUT2D eigenvalue weighted by Gasteiger charge is 2.02. The summed E-state index contributed by atoms with van der Waals surface area (Å²) >= 11 is 5.95. The van der Waals surface area contributed by atoms with Crippen molar-refractivity contribution in [2.24, 2.45) is 0 Å². The molecule has 1 N–H and O–H groups in total. The van der Waals surface area contributed by atoms with Crippen LogP contribution in [0.25, 0.3) is 11.4 Å². The van der Waals surface area contributed by atoms with Crippen molar-refractivity contribution in [1.82, 2.24) is 9.97 Å². The van der Waals surface area contributed by atoms with E-state index in [4.69, 9.17) is 11.6 Å². The van der Waals surface area contributed by atoms with E-state index in [9.17, 15) is 0 Å². The summed E-state index contributed by atoms with van der Waals surface area (Å²) in [6, 6.07) is 9.41. The lowest BCUT2D eigenvalue weighted by atomic mass is 10.2. The van der Waals surface area contributed by atoms with E-state index in [0.717, 1.165) is 24.3 Å². The Morgan fingerprint density at radius 3 is 2.94 bits per heavy atom. The zero-order valence-corrected chi connectivity index (χ0v) is 10.4. The predicted octanol–water partition coefficient (Wildman–Crippen LogP) is 3.62. The van der Waals surface area contributed by atoms with E-state index in [1.807, 2.05) is 30.3 Å². The lowest BCUT2D eigenvalue weighted by Gasteiger charge is -2.05. The van der Waals surface area contributed by atoms with Crippen LogP contribution in [0.3, 0.4) is 0 Å². The average molecular weight is 248 g/mol. The first-order chi connectivity index (χ1) is 8.29. The van der Waals surface area contributed by atoms with Gasteiger partial charge in [0.05, 0.1) is 0 Å². The van der Waals surface area contributed by atoms with Gasteiger partial charge in [-0.1, -0.05) is 30.7 Å². The zero-order chi connectivity index (χ0) is 12.1. The maximum absolute atomic E-state index is 5.95. The van der Waals surface area contributed by atoms with E-state index in [2.05, 4.69) is 22.2 Å². The number of aromatic nitrogens is 2. The molecule has 1 aromatic carbocycles. The number of hydrogen-bond acceptors (Lipinski definition) is 3. The molecule has 0 spiro atoms. The Morgan fingerprint density at radius 1 is 1.29 bits per heavy atom. The third kappa shape index (κ3) is 3.17. The summed E-state index contributed by atoms with van der Waals surface area (Å²) in [5.41, 5.74) is 0.928. The third-order valence-electron chi connectivity index (χ3n) is 2.29. The summed E-state index contributed by atoms with van der Waals surface area (Å²) in [7, 11) is 0. The highest BCUT2D eigenvalue weighted by Crippen LogP contribution is 2.20. The fourth-order valence-electron chi connectivity index (χ4n) is 1.48. The molecule has 0 saturated heterocycles.